The van der Waals surface area contributed by atoms with Crippen molar-refractivity contribution in [1.29, 1.82) is 0 Å². The van der Waals surface area contributed by atoms with E-state index >= 15 is 0 Å². The molecule has 5 heteroatoms. The average molecular weight is 370 g/mol. The fourth-order valence-electron chi connectivity index (χ4n) is 4.56. The molecule has 4 nitrogen and oxygen atoms in total. The van der Waals surface area contributed by atoms with Crippen LogP contribution in [0, 0.1) is 11.8 Å². The van der Waals surface area contributed by atoms with E-state index in [9.17, 15) is 9.59 Å². The monoisotopic (exact) mass is 370 g/mol. The molecule has 136 valence electrons. The minimum atomic E-state index is -1.35. The fourth-order valence-corrected chi connectivity index (χ4v) is 6.47. The number of ether oxygens (including phenoxy) is 2. The Hall–Kier alpha value is -2.01. The van der Waals surface area contributed by atoms with Gasteiger partial charge in [0.05, 0.1) is 13.2 Å². The lowest BCUT2D eigenvalue weighted by Gasteiger charge is -2.55. The van der Waals surface area contributed by atoms with Gasteiger partial charge in [0.1, 0.15) is 0 Å². The summed E-state index contributed by atoms with van der Waals surface area (Å²) >= 11 is 1.42. The van der Waals surface area contributed by atoms with E-state index in [2.05, 4.69) is 24.3 Å². The predicted molar refractivity (Wildman–Crippen MR) is 101 cm³/mol. The number of rotatable bonds is 4. The van der Waals surface area contributed by atoms with Crippen molar-refractivity contribution in [2.24, 2.45) is 11.8 Å². The molecule has 4 unspecified atom stereocenters. The van der Waals surface area contributed by atoms with Gasteiger partial charge in [-0.1, -0.05) is 48.6 Å². The molecule has 4 atom stereocenters. The van der Waals surface area contributed by atoms with Crippen molar-refractivity contribution in [2.75, 3.05) is 13.2 Å². The number of hydrogen-bond donors (Lipinski definition) is 0. The third-order valence-electron chi connectivity index (χ3n) is 5.50. The molecule has 0 saturated carbocycles. The molecule has 5 rings (SSSR count). The smallest absolute Gasteiger partial charge is 0.334 e. The van der Waals surface area contributed by atoms with Crippen LogP contribution in [0.5, 0.6) is 0 Å². The van der Waals surface area contributed by atoms with Gasteiger partial charge in [-0.3, -0.25) is 0 Å². The van der Waals surface area contributed by atoms with Gasteiger partial charge >= 0.3 is 11.9 Å². The third kappa shape index (κ3) is 2.29. The molecule has 2 bridgehead atoms. The van der Waals surface area contributed by atoms with Crippen molar-refractivity contribution >= 4 is 23.7 Å². The van der Waals surface area contributed by atoms with E-state index in [0.29, 0.717) is 0 Å². The number of hydrogen-bond acceptors (Lipinski definition) is 5. The normalized spacial score (nSPS) is 29.6. The van der Waals surface area contributed by atoms with Crippen LogP contribution < -0.4 is 0 Å². The number of benzene rings is 1. The zero-order chi connectivity index (χ0) is 18.3. The average Bonchev–Trinajstić information content (AvgIpc) is 2.68. The molecule has 1 saturated heterocycles. The molecular formula is C21H22O4S. The summed E-state index contributed by atoms with van der Waals surface area (Å²) in [4.78, 5) is 26.2. The van der Waals surface area contributed by atoms with Gasteiger partial charge in [0.25, 0.3) is 0 Å². The van der Waals surface area contributed by atoms with Gasteiger partial charge in [-0.2, -0.15) is 0 Å². The fraction of sp³-hybridized carbons (Fsp3) is 0.429. The highest BCUT2D eigenvalue weighted by molar-refractivity contribution is 8.02. The lowest BCUT2D eigenvalue weighted by molar-refractivity contribution is -0.161. The summed E-state index contributed by atoms with van der Waals surface area (Å²) in [6.45, 7) is 4.01. The number of fused-ring (bicyclic) bond motifs is 1. The van der Waals surface area contributed by atoms with Crippen molar-refractivity contribution in [2.45, 2.75) is 29.8 Å². The third-order valence-corrected chi connectivity index (χ3v) is 7.28. The van der Waals surface area contributed by atoms with Crippen LogP contribution in [0.15, 0.2) is 48.6 Å². The Balaban J connectivity index is 1.92. The molecule has 2 heterocycles. The van der Waals surface area contributed by atoms with Crippen LogP contribution in [0.25, 0.3) is 0 Å². The maximum absolute atomic E-state index is 13.1. The largest absolute Gasteiger partial charge is 0.464 e. The van der Waals surface area contributed by atoms with E-state index in [4.69, 9.17) is 9.47 Å². The van der Waals surface area contributed by atoms with Crippen LogP contribution in [0.2, 0.25) is 0 Å². The summed E-state index contributed by atoms with van der Waals surface area (Å²) in [6.07, 6.45) is 8.40. The molecule has 1 aromatic carbocycles. The van der Waals surface area contributed by atoms with Crippen molar-refractivity contribution < 1.29 is 19.1 Å². The van der Waals surface area contributed by atoms with E-state index < -0.39 is 16.7 Å². The molecule has 1 fully saturated rings. The van der Waals surface area contributed by atoms with Crippen molar-refractivity contribution in [3.63, 3.8) is 0 Å². The highest BCUT2D eigenvalue weighted by atomic mass is 32.2. The quantitative estimate of drug-likeness (QED) is 0.596. The highest BCUT2D eigenvalue weighted by Crippen LogP contribution is 2.67. The molecule has 0 spiro atoms. The zero-order valence-corrected chi connectivity index (χ0v) is 15.7. The molecule has 2 aliphatic carbocycles. The summed E-state index contributed by atoms with van der Waals surface area (Å²) in [5.41, 5.74) is 2.28. The maximum Gasteiger partial charge on any atom is 0.334 e. The van der Waals surface area contributed by atoms with Gasteiger partial charge in [0.15, 0.2) is 0 Å². The summed E-state index contributed by atoms with van der Waals surface area (Å²) in [5, 5.41) is 0.0243. The number of thioether (sulfide) groups is 1. The van der Waals surface area contributed by atoms with Crippen molar-refractivity contribution in [1.82, 2.24) is 0 Å². The molecule has 0 radical (unpaired) electrons. The first-order valence-corrected chi connectivity index (χ1v) is 9.99. The van der Waals surface area contributed by atoms with E-state index in [-0.39, 0.29) is 36.2 Å². The van der Waals surface area contributed by atoms with Crippen LogP contribution in [-0.2, 0) is 19.1 Å². The van der Waals surface area contributed by atoms with E-state index in [1.54, 1.807) is 13.8 Å². The first-order chi connectivity index (χ1) is 12.6. The topological polar surface area (TPSA) is 52.6 Å². The Bertz CT molecular complexity index is 779. The second kappa shape index (κ2) is 6.62. The molecular weight excluding hydrogens is 348 g/mol. The lowest BCUT2D eigenvalue weighted by Crippen LogP contribution is -2.59. The van der Waals surface area contributed by atoms with Crippen LogP contribution >= 0.6 is 11.8 Å². The first-order valence-electron chi connectivity index (χ1n) is 9.11. The Kier molecular flexibility index (Phi) is 4.43. The number of carbonyl (C=O) groups excluding carboxylic acids is 2. The minimum Gasteiger partial charge on any atom is -0.464 e. The van der Waals surface area contributed by atoms with Crippen molar-refractivity contribution in [3.05, 3.63) is 59.7 Å². The molecule has 26 heavy (non-hydrogen) atoms. The number of esters is 2. The van der Waals surface area contributed by atoms with Crippen LogP contribution in [0.3, 0.4) is 0 Å². The number of carbonyl (C=O) groups is 2. The van der Waals surface area contributed by atoms with Crippen LogP contribution in [-0.4, -0.2) is 29.9 Å². The van der Waals surface area contributed by atoms with Gasteiger partial charge in [-0.25, -0.2) is 9.59 Å². The molecule has 1 aromatic rings. The summed E-state index contributed by atoms with van der Waals surface area (Å²) < 4.78 is 9.45. The lowest BCUT2D eigenvalue weighted by atomic mass is 9.62. The second-order valence-corrected chi connectivity index (χ2v) is 8.13. The van der Waals surface area contributed by atoms with E-state index in [0.717, 1.165) is 5.56 Å². The second-order valence-electron chi connectivity index (χ2n) is 6.75. The predicted octanol–water partition coefficient (Wildman–Crippen LogP) is 3.80. The summed E-state index contributed by atoms with van der Waals surface area (Å²) in [5.74, 6) is -0.904. The first kappa shape index (κ1) is 17.4. The van der Waals surface area contributed by atoms with Crippen LogP contribution in [0.1, 0.15) is 36.1 Å². The van der Waals surface area contributed by atoms with E-state index in [1.807, 2.05) is 24.3 Å². The summed E-state index contributed by atoms with van der Waals surface area (Å²) in [6, 6.07) is 8.15. The minimum absolute atomic E-state index is 0.0243. The standard InChI is InChI=1S/C21H22O4S/c1-3-24-19(22)21(20(23)25-4-2)17-13-9-5-7-11-15(13)18(26-21)16-12-8-6-10-14(16)17/h5-13,15,17-18H,3-4H2,1-2H3. The summed E-state index contributed by atoms with van der Waals surface area (Å²) in [7, 11) is 0. The number of allylic oxidation sites excluding steroid dienone is 4. The van der Waals surface area contributed by atoms with Gasteiger partial charge in [-0.05, 0) is 30.9 Å². The molecule has 4 aliphatic rings. The van der Waals surface area contributed by atoms with E-state index in [1.165, 1.54) is 17.3 Å². The molecule has 0 amide bonds. The SMILES string of the molecule is CCOC(=O)C1(C(=O)OCC)SC2c3ccccc3C1C1C=CC=CC21. The molecule has 2 aliphatic heterocycles. The molecule has 0 aromatic heterocycles. The Morgan fingerprint density at radius 2 is 1.54 bits per heavy atom. The Morgan fingerprint density at radius 3 is 2.15 bits per heavy atom. The highest BCUT2D eigenvalue weighted by Gasteiger charge is 2.67. The van der Waals surface area contributed by atoms with Gasteiger partial charge in [0, 0.05) is 17.1 Å². The zero-order valence-electron chi connectivity index (χ0n) is 14.9. The Morgan fingerprint density at radius 1 is 0.962 bits per heavy atom. The van der Waals surface area contributed by atoms with Gasteiger partial charge in [0.2, 0.25) is 4.75 Å². The van der Waals surface area contributed by atoms with Gasteiger partial charge in [-0.15, -0.1) is 11.8 Å². The molecule has 0 N–H and O–H groups in total. The maximum atomic E-state index is 13.1. The Labute approximate surface area is 157 Å². The van der Waals surface area contributed by atoms with Crippen molar-refractivity contribution in [3.8, 4) is 0 Å². The van der Waals surface area contributed by atoms with Gasteiger partial charge < -0.3 is 9.47 Å². The van der Waals surface area contributed by atoms with Crippen LogP contribution in [0.4, 0.5) is 0 Å².